The maximum absolute atomic E-state index is 12.5. The Morgan fingerprint density at radius 2 is 2.10 bits per heavy atom. The van der Waals surface area contributed by atoms with Gasteiger partial charge in [0.15, 0.2) is 0 Å². The summed E-state index contributed by atoms with van der Waals surface area (Å²) in [7, 11) is 0. The zero-order valence-electron chi connectivity index (χ0n) is 10.5. The lowest BCUT2D eigenvalue weighted by atomic mass is 10.1. The summed E-state index contributed by atoms with van der Waals surface area (Å²) in [6.07, 6.45) is 1.52. The molecule has 100 valence electrons. The molecule has 0 unspecified atom stereocenters. The minimum Gasteiger partial charge on any atom is -0.293 e. The van der Waals surface area contributed by atoms with Gasteiger partial charge >= 0.3 is 0 Å². The van der Waals surface area contributed by atoms with Crippen molar-refractivity contribution in [2.24, 2.45) is 0 Å². The Kier molecular flexibility index (Phi) is 3.42. The Balaban J connectivity index is 2.25. The number of thiophene rings is 1. The van der Waals surface area contributed by atoms with Crippen LogP contribution < -0.4 is 5.56 Å². The summed E-state index contributed by atoms with van der Waals surface area (Å²) in [5.41, 5.74) is 1.84. The van der Waals surface area contributed by atoms with Gasteiger partial charge in [0.25, 0.3) is 5.56 Å². The van der Waals surface area contributed by atoms with Crippen molar-refractivity contribution in [3.05, 3.63) is 64.0 Å². The Morgan fingerprint density at radius 3 is 2.80 bits per heavy atom. The van der Waals surface area contributed by atoms with E-state index in [0.29, 0.717) is 10.4 Å². The van der Waals surface area contributed by atoms with Gasteiger partial charge in [-0.15, -0.1) is 11.3 Å². The Labute approximate surface area is 124 Å². The highest BCUT2D eigenvalue weighted by atomic mass is 35.5. The van der Waals surface area contributed by atoms with Crippen LogP contribution in [-0.4, -0.2) is 9.55 Å². The molecule has 3 nitrogen and oxygen atoms in total. The van der Waals surface area contributed by atoms with E-state index < -0.39 is 0 Å². The number of nitrogens with zero attached hydrogens (tertiary/aromatic N) is 2. The molecule has 1 aromatic carbocycles. The second kappa shape index (κ2) is 5.23. The van der Waals surface area contributed by atoms with E-state index in [1.54, 1.807) is 0 Å². The normalized spacial score (nSPS) is 10.8. The summed E-state index contributed by atoms with van der Waals surface area (Å²) >= 11 is 7.26. The second-order valence-corrected chi connectivity index (χ2v) is 5.78. The minimum absolute atomic E-state index is 0.0862. The summed E-state index contributed by atoms with van der Waals surface area (Å²) in [5, 5.41) is 3.01. The molecule has 0 bridgehead atoms. The maximum Gasteiger partial charge on any atom is 0.263 e. The molecule has 0 aliphatic carbocycles. The quantitative estimate of drug-likeness (QED) is 0.736. The second-order valence-electron chi connectivity index (χ2n) is 4.39. The van der Waals surface area contributed by atoms with E-state index >= 15 is 0 Å². The molecule has 0 radical (unpaired) electrons. The molecule has 0 fully saturated rings. The molecule has 0 spiro atoms. The molecule has 3 aromatic rings. The zero-order chi connectivity index (χ0) is 14.1. The summed E-state index contributed by atoms with van der Waals surface area (Å²) in [6.45, 7) is 3.89. The highest BCUT2D eigenvalue weighted by Crippen LogP contribution is 2.30. The first kappa shape index (κ1) is 13.1. The van der Waals surface area contributed by atoms with E-state index in [-0.39, 0.29) is 12.1 Å². The fraction of sp³-hybridized carbons (Fsp3) is 0.0667. The molecule has 3 rings (SSSR count). The molecule has 0 saturated carbocycles. The van der Waals surface area contributed by atoms with Gasteiger partial charge in [0, 0.05) is 16.0 Å². The van der Waals surface area contributed by atoms with Crippen LogP contribution in [-0.2, 0) is 6.54 Å². The Hall–Kier alpha value is -1.91. The standard InChI is InChI=1S/C15H11ClN2OS/c1-10(16)7-18-9-17-14-13(15(18)19)12(8-20-14)11-5-3-2-4-6-11/h2-6,8-9H,1,7H2. The van der Waals surface area contributed by atoms with E-state index in [0.717, 1.165) is 16.0 Å². The van der Waals surface area contributed by atoms with E-state index in [9.17, 15) is 4.79 Å². The third kappa shape index (κ3) is 2.28. The fourth-order valence-electron chi connectivity index (χ4n) is 2.10. The van der Waals surface area contributed by atoms with Gasteiger partial charge in [-0.2, -0.15) is 0 Å². The summed E-state index contributed by atoms with van der Waals surface area (Å²) in [5.74, 6) is 0. The van der Waals surface area contributed by atoms with Crippen LogP contribution in [0.5, 0.6) is 0 Å². The van der Waals surface area contributed by atoms with Crippen LogP contribution in [0.4, 0.5) is 0 Å². The topological polar surface area (TPSA) is 34.9 Å². The van der Waals surface area contributed by atoms with Crippen molar-refractivity contribution in [3.8, 4) is 11.1 Å². The highest BCUT2D eigenvalue weighted by Gasteiger charge is 2.13. The third-order valence-corrected chi connectivity index (χ3v) is 3.99. The van der Waals surface area contributed by atoms with Crippen LogP contribution in [0.2, 0.25) is 0 Å². The summed E-state index contributed by atoms with van der Waals surface area (Å²) in [6, 6.07) is 9.83. The molecule has 5 heteroatoms. The van der Waals surface area contributed by atoms with Crippen molar-refractivity contribution in [1.82, 2.24) is 9.55 Å². The summed E-state index contributed by atoms with van der Waals surface area (Å²) in [4.78, 5) is 17.6. The molecule has 2 heterocycles. The van der Waals surface area contributed by atoms with E-state index in [1.807, 2.05) is 35.7 Å². The molecular weight excluding hydrogens is 292 g/mol. The van der Waals surface area contributed by atoms with Gasteiger partial charge in [0.05, 0.1) is 18.3 Å². The number of hydrogen-bond acceptors (Lipinski definition) is 3. The first-order valence-electron chi connectivity index (χ1n) is 6.02. The average Bonchev–Trinajstić information content (AvgIpc) is 2.87. The van der Waals surface area contributed by atoms with Crippen molar-refractivity contribution < 1.29 is 0 Å². The Morgan fingerprint density at radius 1 is 1.35 bits per heavy atom. The van der Waals surface area contributed by atoms with Crippen molar-refractivity contribution in [1.29, 1.82) is 0 Å². The van der Waals surface area contributed by atoms with Crippen LogP contribution in [0.1, 0.15) is 0 Å². The molecule has 0 N–H and O–H groups in total. The molecule has 0 aliphatic rings. The molecule has 0 aliphatic heterocycles. The van der Waals surface area contributed by atoms with Crippen molar-refractivity contribution >= 4 is 33.2 Å². The lowest BCUT2D eigenvalue weighted by Gasteiger charge is -2.04. The number of allylic oxidation sites excluding steroid dienone is 1. The van der Waals surface area contributed by atoms with Crippen LogP contribution in [0, 0.1) is 0 Å². The number of aromatic nitrogens is 2. The van der Waals surface area contributed by atoms with Gasteiger partial charge in [-0.25, -0.2) is 4.98 Å². The lowest BCUT2D eigenvalue weighted by Crippen LogP contribution is -2.20. The van der Waals surface area contributed by atoms with Crippen molar-refractivity contribution in [2.45, 2.75) is 6.54 Å². The zero-order valence-corrected chi connectivity index (χ0v) is 12.1. The van der Waals surface area contributed by atoms with Crippen molar-refractivity contribution in [2.75, 3.05) is 0 Å². The van der Waals surface area contributed by atoms with E-state index in [4.69, 9.17) is 11.6 Å². The monoisotopic (exact) mass is 302 g/mol. The molecule has 0 amide bonds. The van der Waals surface area contributed by atoms with E-state index in [2.05, 4.69) is 11.6 Å². The number of rotatable bonds is 3. The van der Waals surface area contributed by atoms with Gasteiger partial charge in [-0.3, -0.25) is 9.36 Å². The SMILES string of the molecule is C=C(Cl)Cn1cnc2scc(-c3ccccc3)c2c1=O. The molecular formula is C15H11ClN2OS. The number of hydrogen-bond donors (Lipinski definition) is 0. The van der Waals surface area contributed by atoms with Crippen molar-refractivity contribution in [3.63, 3.8) is 0 Å². The van der Waals surface area contributed by atoms with Crippen LogP contribution in [0.25, 0.3) is 21.3 Å². The highest BCUT2D eigenvalue weighted by molar-refractivity contribution is 7.17. The first-order chi connectivity index (χ1) is 9.66. The Bertz CT molecular complexity index is 836. The molecule has 20 heavy (non-hydrogen) atoms. The molecule has 2 aromatic heterocycles. The van der Waals surface area contributed by atoms with Crippen LogP contribution in [0.3, 0.4) is 0 Å². The van der Waals surface area contributed by atoms with Gasteiger partial charge in [0.1, 0.15) is 4.83 Å². The summed E-state index contributed by atoms with van der Waals surface area (Å²) < 4.78 is 1.48. The smallest absolute Gasteiger partial charge is 0.263 e. The van der Waals surface area contributed by atoms with Crippen LogP contribution in [0.15, 0.2) is 58.4 Å². The van der Waals surface area contributed by atoms with Gasteiger partial charge < -0.3 is 0 Å². The minimum atomic E-state index is -0.0862. The average molecular weight is 303 g/mol. The lowest BCUT2D eigenvalue weighted by molar-refractivity contribution is 0.760. The fourth-order valence-corrected chi connectivity index (χ4v) is 3.13. The number of benzene rings is 1. The number of halogens is 1. The predicted molar refractivity (Wildman–Crippen MR) is 84.3 cm³/mol. The first-order valence-corrected chi connectivity index (χ1v) is 7.28. The molecule has 0 saturated heterocycles. The van der Waals surface area contributed by atoms with Gasteiger partial charge in [0.2, 0.25) is 0 Å². The largest absolute Gasteiger partial charge is 0.293 e. The maximum atomic E-state index is 12.5. The van der Waals surface area contributed by atoms with Crippen LogP contribution >= 0.6 is 22.9 Å². The molecule has 0 atom stereocenters. The predicted octanol–water partition coefficient (Wildman–Crippen LogP) is 3.88. The third-order valence-electron chi connectivity index (χ3n) is 2.99. The number of fused-ring (bicyclic) bond motifs is 1. The van der Waals surface area contributed by atoms with Gasteiger partial charge in [-0.1, -0.05) is 48.5 Å². The van der Waals surface area contributed by atoms with Gasteiger partial charge in [-0.05, 0) is 5.56 Å². The van der Waals surface area contributed by atoms with E-state index in [1.165, 1.54) is 22.2 Å².